The minimum atomic E-state index is -0.307. The number of carbonyl (C=O) groups excluding carboxylic acids is 1. The first-order valence-electron chi connectivity index (χ1n) is 9.03. The summed E-state index contributed by atoms with van der Waals surface area (Å²) in [6, 6.07) is 9.43. The third kappa shape index (κ3) is 3.29. The van der Waals surface area contributed by atoms with Crippen molar-refractivity contribution in [1.82, 2.24) is 9.88 Å². The Balaban J connectivity index is 1.47. The maximum Gasteiger partial charge on any atom is 0.274 e. The van der Waals surface area contributed by atoms with Gasteiger partial charge in [-0.3, -0.25) is 9.59 Å². The molecule has 1 unspecified atom stereocenters. The topological polar surface area (TPSA) is 63.1 Å². The van der Waals surface area contributed by atoms with E-state index >= 15 is 0 Å². The monoisotopic (exact) mass is 355 g/mol. The van der Waals surface area contributed by atoms with Gasteiger partial charge in [-0.15, -0.1) is 0 Å². The molecule has 2 aromatic rings. The summed E-state index contributed by atoms with van der Waals surface area (Å²) in [5.74, 6) is -0.350. The largest absolute Gasteiger partial charge is 0.321 e. The van der Waals surface area contributed by atoms with Crippen molar-refractivity contribution in [3.05, 3.63) is 64.3 Å². The molecule has 2 N–H and O–H groups in total. The standard InChI is InChI=1S/C20H22FN3O2/c21-15-5-3-14(4-6-15)13-24-11-1-2-17(19(24)26)23-18(25)16-12-20(16)7-9-22-10-8-20/h1-6,11,16,22H,7-10,12-13H2,(H,23,25). The van der Waals surface area contributed by atoms with E-state index in [0.717, 1.165) is 37.9 Å². The van der Waals surface area contributed by atoms with Crippen molar-refractivity contribution >= 4 is 11.6 Å². The minimum absolute atomic E-state index is 0.00903. The molecule has 1 spiro atoms. The van der Waals surface area contributed by atoms with E-state index in [-0.39, 0.29) is 28.6 Å². The van der Waals surface area contributed by atoms with E-state index in [1.165, 1.54) is 16.7 Å². The lowest BCUT2D eigenvalue weighted by atomic mass is 9.92. The fourth-order valence-corrected chi connectivity index (χ4v) is 3.96. The van der Waals surface area contributed by atoms with Crippen molar-refractivity contribution < 1.29 is 9.18 Å². The van der Waals surface area contributed by atoms with Crippen LogP contribution in [0, 0.1) is 17.2 Å². The summed E-state index contributed by atoms with van der Waals surface area (Å²) < 4.78 is 14.5. The molecule has 5 nitrogen and oxygen atoms in total. The number of benzene rings is 1. The van der Waals surface area contributed by atoms with Gasteiger partial charge in [0.2, 0.25) is 5.91 Å². The Morgan fingerprint density at radius 3 is 2.69 bits per heavy atom. The van der Waals surface area contributed by atoms with Crippen molar-refractivity contribution in [2.45, 2.75) is 25.8 Å². The Kier molecular flexibility index (Phi) is 4.36. The highest BCUT2D eigenvalue weighted by Gasteiger charge is 2.57. The zero-order valence-electron chi connectivity index (χ0n) is 14.5. The van der Waals surface area contributed by atoms with Crippen LogP contribution in [0.5, 0.6) is 0 Å². The van der Waals surface area contributed by atoms with Crippen LogP contribution in [-0.4, -0.2) is 23.6 Å². The maximum absolute atomic E-state index is 13.0. The highest BCUT2D eigenvalue weighted by atomic mass is 19.1. The van der Waals surface area contributed by atoms with Crippen LogP contribution in [0.25, 0.3) is 0 Å². The number of carbonyl (C=O) groups is 1. The number of rotatable bonds is 4. The van der Waals surface area contributed by atoms with Crippen LogP contribution in [0.4, 0.5) is 10.1 Å². The number of pyridine rings is 1. The van der Waals surface area contributed by atoms with Gasteiger partial charge in [0.25, 0.3) is 5.56 Å². The van der Waals surface area contributed by atoms with E-state index in [1.807, 2.05) is 0 Å². The molecule has 26 heavy (non-hydrogen) atoms. The van der Waals surface area contributed by atoms with Gasteiger partial charge in [0.05, 0.1) is 6.54 Å². The molecule has 1 amide bonds. The fraction of sp³-hybridized carbons (Fsp3) is 0.400. The number of nitrogens with one attached hydrogen (secondary N) is 2. The Labute approximate surface area is 151 Å². The lowest BCUT2D eigenvalue weighted by Crippen LogP contribution is -2.32. The molecule has 1 aromatic heterocycles. The molecule has 0 bridgehead atoms. The van der Waals surface area contributed by atoms with Crippen LogP contribution in [0.3, 0.4) is 0 Å². The third-order valence-corrected chi connectivity index (χ3v) is 5.65. The first kappa shape index (κ1) is 17.0. The van der Waals surface area contributed by atoms with Gasteiger partial charge in [0, 0.05) is 12.1 Å². The quantitative estimate of drug-likeness (QED) is 0.885. The average molecular weight is 355 g/mol. The minimum Gasteiger partial charge on any atom is -0.321 e. The van der Waals surface area contributed by atoms with Crippen LogP contribution in [0.1, 0.15) is 24.8 Å². The number of hydrogen-bond acceptors (Lipinski definition) is 3. The number of nitrogens with zero attached hydrogens (tertiary/aromatic N) is 1. The van der Waals surface area contributed by atoms with E-state index in [0.29, 0.717) is 12.2 Å². The number of anilines is 1. The molecule has 136 valence electrons. The molecule has 4 rings (SSSR count). The molecule has 2 heterocycles. The van der Waals surface area contributed by atoms with Gasteiger partial charge in [-0.25, -0.2) is 4.39 Å². The SMILES string of the molecule is O=C(Nc1cccn(Cc2ccc(F)cc2)c1=O)C1CC12CCNCC2. The number of hydrogen-bond donors (Lipinski definition) is 2. The van der Waals surface area contributed by atoms with E-state index in [9.17, 15) is 14.0 Å². The van der Waals surface area contributed by atoms with Crippen LogP contribution in [0.2, 0.25) is 0 Å². The lowest BCUT2D eigenvalue weighted by Gasteiger charge is -2.23. The number of piperidine rings is 1. The van der Waals surface area contributed by atoms with E-state index in [1.54, 1.807) is 30.5 Å². The summed E-state index contributed by atoms with van der Waals surface area (Å²) in [6.45, 7) is 2.25. The van der Waals surface area contributed by atoms with Crippen molar-refractivity contribution in [2.75, 3.05) is 18.4 Å². The summed E-state index contributed by atoms with van der Waals surface area (Å²) in [4.78, 5) is 25.2. The van der Waals surface area contributed by atoms with Gasteiger partial charge >= 0.3 is 0 Å². The van der Waals surface area contributed by atoms with Gasteiger partial charge in [-0.2, -0.15) is 0 Å². The van der Waals surface area contributed by atoms with Crippen LogP contribution in [0.15, 0.2) is 47.4 Å². The molecule has 0 radical (unpaired) electrons. The number of amides is 1. The Hall–Kier alpha value is -2.47. The molecule has 1 saturated heterocycles. The van der Waals surface area contributed by atoms with E-state index < -0.39 is 0 Å². The molecule has 1 atom stereocenters. The Morgan fingerprint density at radius 2 is 1.96 bits per heavy atom. The average Bonchev–Trinajstić information content (AvgIpc) is 3.34. The van der Waals surface area contributed by atoms with Crippen molar-refractivity contribution in [1.29, 1.82) is 0 Å². The molecule has 1 aromatic carbocycles. The summed E-state index contributed by atoms with van der Waals surface area (Å²) in [6.07, 6.45) is 4.63. The van der Waals surface area contributed by atoms with Crippen molar-refractivity contribution in [3.63, 3.8) is 0 Å². The summed E-state index contributed by atoms with van der Waals surface area (Å²) in [7, 11) is 0. The number of halogens is 1. The van der Waals surface area contributed by atoms with Gasteiger partial charge in [-0.05, 0) is 67.6 Å². The van der Waals surface area contributed by atoms with Crippen LogP contribution >= 0.6 is 0 Å². The van der Waals surface area contributed by atoms with E-state index in [4.69, 9.17) is 0 Å². The highest BCUT2D eigenvalue weighted by molar-refractivity contribution is 5.94. The molecule has 1 aliphatic heterocycles. The summed E-state index contributed by atoms with van der Waals surface area (Å²) in [5.41, 5.74) is 1.02. The smallest absolute Gasteiger partial charge is 0.274 e. The van der Waals surface area contributed by atoms with Gasteiger partial charge in [0.15, 0.2) is 0 Å². The lowest BCUT2D eigenvalue weighted by molar-refractivity contribution is -0.118. The fourth-order valence-electron chi connectivity index (χ4n) is 3.96. The first-order valence-corrected chi connectivity index (χ1v) is 9.03. The van der Waals surface area contributed by atoms with E-state index in [2.05, 4.69) is 10.6 Å². The second kappa shape index (κ2) is 6.68. The predicted molar refractivity (Wildman–Crippen MR) is 97.5 cm³/mol. The molecule has 2 fully saturated rings. The molecular weight excluding hydrogens is 333 g/mol. The molecule has 1 aliphatic carbocycles. The molecule has 1 saturated carbocycles. The maximum atomic E-state index is 13.0. The van der Waals surface area contributed by atoms with Crippen molar-refractivity contribution in [2.24, 2.45) is 11.3 Å². The second-order valence-electron chi connectivity index (χ2n) is 7.34. The molecule has 2 aliphatic rings. The normalized spacial score (nSPS) is 20.7. The Bertz CT molecular complexity index is 869. The summed E-state index contributed by atoms with van der Waals surface area (Å²) in [5, 5.41) is 6.15. The molecular formula is C20H22FN3O2. The van der Waals surface area contributed by atoms with Crippen LogP contribution < -0.4 is 16.2 Å². The highest BCUT2D eigenvalue weighted by Crippen LogP contribution is 2.58. The van der Waals surface area contributed by atoms with Crippen LogP contribution in [-0.2, 0) is 11.3 Å². The van der Waals surface area contributed by atoms with Gasteiger partial charge < -0.3 is 15.2 Å². The summed E-state index contributed by atoms with van der Waals surface area (Å²) >= 11 is 0. The Morgan fingerprint density at radius 1 is 1.23 bits per heavy atom. The van der Waals surface area contributed by atoms with Gasteiger partial charge in [-0.1, -0.05) is 12.1 Å². The zero-order valence-corrected chi connectivity index (χ0v) is 14.5. The predicted octanol–water partition coefficient (Wildman–Crippen LogP) is 2.36. The first-order chi connectivity index (χ1) is 12.6. The third-order valence-electron chi connectivity index (χ3n) is 5.65. The molecule has 6 heteroatoms. The van der Waals surface area contributed by atoms with Crippen molar-refractivity contribution in [3.8, 4) is 0 Å². The number of aromatic nitrogens is 1. The zero-order chi connectivity index (χ0) is 18.1. The van der Waals surface area contributed by atoms with Gasteiger partial charge in [0.1, 0.15) is 11.5 Å². The second-order valence-corrected chi connectivity index (χ2v) is 7.34.